The summed E-state index contributed by atoms with van der Waals surface area (Å²) in [4.78, 5) is 21.3. The van der Waals surface area contributed by atoms with Crippen molar-refractivity contribution < 1.29 is 9.53 Å². The van der Waals surface area contributed by atoms with Crippen molar-refractivity contribution in [2.45, 2.75) is 12.8 Å². The molecule has 0 unspecified atom stereocenters. The Morgan fingerprint density at radius 2 is 1.89 bits per heavy atom. The molecule has 5 nitrogen and oxygen atoms in total. The van der Waals surface area contributed by atoms with Crippen molar-refractivity contribution in [3.8, 4) is 16.3 Å². The average molecular weight is 389 g/mol. The number of benzene rings is 2. The van der Waals surface area contributed by atoms with E-state index < -0.39 is 0 Å². The lowest BCUT2D eigenvalue weighted by molar-refractivity contribution is -0.116. The molecular formula is C22H19N3O2S. The van der Waals surface area contributed by atoms with Gasteiger partial charge in [0.05, 0.1) is 17.3 Å². The largest absolute Gasteiger partial charge is 0.496 e. The number of carbonyl (C=O) groups is 1. The lowest BCUT2D eigenvalue weighted by Gasteiger charge is -2.08. The summed E-state index contributed by atoms with van der Waals surface area (Å²) in [7, 11) is 1.63. The Morgan fingerprint density at radius 1 is 1.07 bits per heavy atom. The van der Waals surface area contributed by atoms with Gasteiger partial charge in [0.2, 0.25) is 5.91 Å². The van der Waals surface area contributed by atoms with Crippen LogP contribution in [0, 0.1) is 0 Å². The van der Waals surface area contributed by atoms with E-state index in [1.165, 1.54) is 0 Å². The van der Waals surface area contributed by atoms with Crippen molar-refractivity contribution in [3.63, 3.8) is 0 Å². The Morgan fingerprint density at radius 3 is 2.68 bits per heavy atom. The Balaban J connectivity index is 1.39. The third-order valence-corrected chi connectivity index (χ3v) is 5.47. The predicted octanol–water partition coefficient (Wildman–Crippen LogP) is 4.94. The number of carbonyl (C=O) groups excluding carboxylic acids is 1. The van der Waals surface area contributed by atoms with Gasteiger partial charge in [0.15, 0.2) is 0 Å². The minimum atomic E-state index is -0.0776. The lowest BCUT2D eigenvalue weighted by Crippen LogP contribution is -2.13. The van der Waals surface area contributed by atoms with Crippen molar-refractivity contribution >= 4 is 33.3 Å². The van der Waals surface area contributed by atoms with Crippen molar-refractivity contribution in [2.75, 3.05) is 12.4 Å². The molecule has 0 aliphatic heterocycles. The number of amides is 1. The molecule has 1 amide bonds. The van der Waals surface area contributed by atoms with E-state index in [1.807, 2.05) is 54.6 Å². The van der Waals surface area contributed by atoms with Gasteiger partial charge in [-0.3, -0.25) is 4.79 Å². The molecule has 0 radical (unpaired) electrons. The molecule has 2 heterocycles. The van der Waals surface area contributed by atoms with Crippen molar-refractivity contribution in [1.82, 2.24) is 9.97 Å². The number of hydrogen-bond donors (Lipinski definition) is 1. The van der Waals surface area contributed by atoms with Crippen LogP contribution in [0.3, 0.4) is 0 Å². The summed E-state index contributed by atoms with van der Waals surface area (Å²) in [5.41, 5.74) is 2.93. The standard InChI is InChI=1S/C22H19N3O2S/c1-27-18-8-4-2-6-15(18)11-13-21(26)25-20-12-10-16(14-23-20)22-24-17-7-3-5-9-19(17)28-22/h2-10,12,14H,11,13H2,1H3,(H,23,25,26). The number of aromatic nitrogens is 2. The quantitative estimate of drug-likeness (QED) is 0.507. The number of nitrogens with one attached hydrogen (secondary N) is 1. The van der Waals surface area contributed by atoms with E-state index in [0.29, 0.717) is 18.7 Å². The maximum Gasteiger partial charge on any atom is 0.225 e. The number of methoxy groups -OCH3 is 1. The zero-order valence-electron chi connectivity index (χ0n) is 15.4. The van der Waals surface area contributed by atoms with Crippen molar-refractivity contribution in [2.24, 2.45) is 0 Å². The number of ether oxygens (including phenoxy) is 1. The second kappa shape index (κ2) is 8.19. The number of fused-ring (bicyclic) bond motifs is 1. The molecule has 0 aliphatic rings. The molecule has 2 aromatic carbocycles. The van der Waals surface area contributed by atoms with Crippen LogP contribution in [0.2, 0.25) is 0 Å². The van der Waals surface area contributed by atoms with Crippen molar-refractivity contribution in [1.29, 1.82) is 0 Å². The van der Waals surface area contributed by atoms with E-state index in [2.05, 4.69) is 21.4 Å². The first-order chi connectivity index (χ1) is 13.7. The highest BCUT2D eigenvalue weighted by molar-refractivity contribution is 7.21. The normalized spacial score (nSPS) is 10.8. The Labute approximate surface area is 167 Å². The van der Waals surface area contributed by atoms with Crippen LogP contribution >= 0.6 is 11.3 Å². The topological polar surface area (TPSA) is 64.1 Å². The fourth-order valence-corrected chi connectivity index (χ4v) is 3.91. The van der Waals surface area contributed by atoms with E-state index in [0.717, 1.165) is 32.1 Å². The zero-order valence-corrected chi connectivity index (χ0v) is 16.2. The SMILES string of the molecule is COc1ccccc1CCC(=O)Nc1ccc(-c2nc3ccccc3s2)cn1. The minimum absolute atomic E-state index is 0.0776. The summed E-state index contributed by atoms with van der Waals surface area (Å²) in [6, 6.07) is 19.5. The first kappa shape index (κ1) is 18.1. The van der Waals surface area contributed by atoms with Crippen LogP contribution in [0.1, 0.15) is 12.0 Å². The van der Waals surface area contributed by atoms with Crippen LogP contribution in [0.25, 0.3) is 20.8 Å². The third-order valence-electron chi connectivity index (χ3n) is 4.39. The van der Waals surface area contributed by atoms with Gasteiger partial charge in [0, 0.05) is 18.2 Å². The summed E-state index contributed by atoms with van der Waals surface area (Å²) in [6.07, 6.45) is 2.72. The first-order valence-corrected chi connectivity index (χ1v) is 9.78. The van der Waals surface area contributed by atoms with Gasteiger partial charge in [0.25, 0.3) is 0 Å². The highest BCUT2D eigenvalue weighted by Crippen LogP contribution is 2.29. The molecule has 0 spiro atoms. The molecular weight excluding hydrogens is 370 g/mol. The van der Waals surface area contributed by atoms with Crippen LogP contribution in [0.15, 0.2) is 66.9 Å². The molecule has 4 aromatic rings. The smallest absolute Gasteiger partial charge is 0.225 e. The number of nitrogens with zero attached hydrogens (tertiary/aromatic N) is 2. The molecule has 4 rings (SSSR count). The number of anilines is 1. The van der Waals surface area contributed by atoms with Gasteiger partial charge >= 0.3 is 0 Å². The summed E-state index contributed by atoms with van der Waals surface area (Å²) >= 11 is 1.63. The van der Waals surface area contributed by atoms with Gasteiger partial charge in [-0.15, -0.1) is 11.3 Å². The maximum absolute atomic E-state index is 12.3. The molecule has 0 fully saturated rings. The van der Waals surface area contributed by atoms with E-state index >= 15 is 0 Å². The molecule has 140 valence electrons. The van der Waals surface area contributed by atoms with Gasteiger partial charge in [-0.05, 0) is 42.3 Å². The highest BCUT2D eigenvalue weighted by atomic mass is 32.1. The lowest BCUT2D eigenvalue weighted by atomic mass is 10.1. The van der Waals surface area contributed by atoms with Gasteiger partial charge < -0.3 is 10.1 Å². The summed E-state index contributed by atoms with van der Waals surface area (Å²) in [5.74, 6) is 1.26. The maximum atomic E-state index is 12.3. The molecule has 2 aromatic heterocycles. The average Bonchev–Trinajstić information content (AvgIpc) is 3.17. The predicted molar refractivity (Wildman–Crippen MR) is 113 cm³/mol. The number of hydrogen-bond acceptors (Lipinski definition) is 5. The van der Waals surface area contributed by atoms with E-state index in [4.69, 9.17) is 4.74 Å². The molecule has 1 N–H and O–H groups in total. The monoisotopic (exact) mass is 389 g/mol. The zero-order chi connectivity index (χ0) is 19.3. The Kier molecular flexibility index (Phi) is 5.30. The van der Waals surface area contributed by atoms with Crippen LogP contribution in [-0.4, -0.2) is 23.0 Å². The number of para-hydroxylation sites is 2. The van der Waals surface area contributed by atoms with Gasteiger partial charge in [-0.1, -0.05) is 30.3 Å². The third kappa shape index (κ3) is 4.02. The van der Waals surface area contributed by atoms with Crippen molar-refractivity contribution in [3.05, 3.63) is 72.4 Å². The number of thiazole rings is 1. The van der Waals surface area contributed by atoms with E-state index in [-0.39, 0.29) is 5.91 Å². The molecule has 28 heavy (non-hydrogen) atoms. The van der Waals surface area contributed by atoms with Crippen LogP contribution in [-0.2, 0) is 11.2 Å². The van der Waals surface area contributed by atoms with Gasteiger partial charge in [-0.2, -0.15) is 0 Å². The molecule has 0 aliphatic carbocycles. The number of rotatable bonds is 6. The second-order valence-corrected chi connectivity index (χ2v) is 7.31. The number of aryl methyl sites for hydroxylation is 1. The molecule has 0 saturated heterocycles. The van der Waals surface area contributed by atoms with E-state index in [1.54, 1.807) is 24.6 Å². The van der Waals surface area contributed by atoms with Gasteiger partial charge in [-0.25, -0.2) is 9.97 Å². The molecule has 0 bridgehead atoms. The first-order valence-electron chi connectivity index (χ1n) is 8.96. The molecule has 0 saturated carbocycles. The minimum Gasteiger partial charge on any atom is -0.496 e. The fraction of sp³-hybridized carbons (Fsp3) is 0.136. The Hall–Kier alpha value is -3.25. The summed E-state index contributed by atoms with van der Waals surface area (Å²) < 4.78 is 6.47. The number of pyridine rings is 1. The highest BCUT2D eigenvalue weighted by Gasteiger charge is 2.09. The molecule has 6 heteroatoms. The van der Waals surface area contributed by atoms with Crippen LogP contribution in [0.5, 0.6) is 5.75 Å². The molecule has 0 atom stereocenters. The second-order valence-electron chi connectivity index (χ2n) is 6.28. The summed E-state index contributed by atoms with van der Waals surface area (Å²) in [5, 5.41) is 3.77. The Bertz CT molecular complexity index is 1070. The fourth-order valence-electron chi connectivity index (χ4n) is 2.95. The van der Waals surface area contributed by atoms with Gasteiger partial charge in [0.1, 0.15) is 16.6 Å². The van der Waals surface area contributed by atoms with Crippen LogP contribution in [0.4, 0.5) is 5.82 Å². The van der Waals surface area contributed by atoms with Crippen LogP contribution < -0.4 is 10.1 Å². The summed E-state index contributed by atoms with van der Waals surface area (Å²) in [6.45, 7) is 0. The van der Waals surface area contributed by atoms with E-state index in [9.17, 15) is 4.79 Å².